The van der Waals surface area contributed by atoms with Crippen LogP contribution in [0.4, 0.5) is 0 Å². The number of thiazole rings is 1. The van der Waals surface area contributed by atoms with Gasteiger partial charge in [-0.25, -0.2) is 0 Å². The van der Waals surface area contributed by atoms with Crippen molar-refractivity contribution >= 4 is 11.3 Å². The highest BCUT2D eigenvalue weighted by Crippen LogP contribution is 2.51. The van der Waals surface area contributed by atoms with Crippen LogP contribution in [0.5, 0.6) is 0 Å². The molecule has 1 fully saturated rings. The first-order valence-electron chi connectivity index (χ1n) is 6.40. The standard InChI is InChI=1S/C13H22N2O2S/c1-4-17-11-5-13(8-16,12(11,2)3)15-7-10-6-14-9-18-10/h6,9,11,15-16H,4-5,7-8H2,1-3H3/t11-,13+/m0/s1. The van der Waals surface area contributed by atoms with Crippen LogP contribution < -0.4 is 5.32 Å². The fourth-order valence-corrected chi connectivity index (χ4v) is 3.22. The zero-order valence-corrected chi connectivity index (χ0v) is 12.1. The second kappa shape index (κ2) is 5.25. The molecule has 1 aromatic heterocycles. The molecule has 0 bridgehead atoms. The number of nitrogens with one attached hydrogen (secondary N) is 1. The largest absolute Gasteiger partial charge is 0.394 e. The normalized spacial score (nSPS) is 30.1. The minimum absolute atomic E-state index is 0.0531. The van der Waals surface area contributed by atoms with E-state index in [4.69, 9.17) is 4.74 Å². The maximum Gasteiger partial charge on any atom is 0.0794 e. The number of hydrogen-bond acceptors (Lipinski definition) is 5. The van der Waals surface area contributed by atoms with E-state index in [1.165, 1.54) is 4.88 Å². The number of rotatable bonds is 6. The van der Waals surface area contributed by atoms with Gasteiger partial charge in [0.25, 0.3) is 0 Å². The minimum atomic E-state index is -0.239. The molecule has 1 aromatic rings. The topological polar surface area (TPSA) is 54.4 Å². The van der Waals surface area contributed by atoms with Gasteiger partial charge in [0, 0.05) is 29.6 Å². The first kappa shape index (κ1) is 13.9. The molecule has 2 atom stereocenters. The van der Waals surface area contributed by atoms with Crippen molar-refractivity contribution in [1.82, 2.24) is 10.3 Å². The van der Waals surface area contributed by atoms with E-state index in [1.807, 2.05) is 18.6 Å². The van der Waals surface area contributed by atoms with Gasteiger partial charge < -0.3 is 15.2 Å². The molecule has 1 aliphatic rings. The van der Waals surface area contributed by atoms with Crippen molar-refractivity contribution in [1.29, 1.82) is 0 Å². The molecule has 1 heterocycles. The number of aliphatic hydroxyl groups excluding tert-OH is 1. The van der Waals surface area contributed by atoms with Gasteiger partial charge in [-0.15, -0.1) is 11.3 Å². The van der Waals surface area contributed by atoms with Gasteiger partial charge in [0.15, 0.2) is 0 Å². The summed E-state index contributed by atoms with van der Waals surface area (Å²) in [5, 5.41) is 13.3. The molecule has 2 rings (SSSR count). The molecular weight excluding hydrogens is 248 g/mol. The zero-order valence-electron chi connectivity index (χ0n) is 11.3. The molecule has 0 saturated heterocycles. The Bertz CT molecular complexity index is 380. The Kier molecular flexibility index (Phi) is 4.06. The summed E-state index contributed by atoms with van der Waals surface area (Å²) in [4.78, 5) is 5.26. The average molecular weight is 270 g/mol. The lowest BCUT2D eigenvalue weighted by Crippen LogP contribution is -2.73. The maximum absolute atomic E-state index is 9.76. The molecule has 1 aliphatic carbocycles. The fraction of sp³-hybridized carbons (Fsp3) is 0.769. The van der Waals surface area contributed by atoms with Gasteiger partial charge in [-0.05, 0) is 13.3 Å². The van der Waals surface area contributed by atoms with E-state index >= 15 is 0 Å². The van der Waals surface area contributed by atoms with Crippen LogP contribution in [0.25, 0.3) is 0 Å². The van der Waals surface area contributed by atoms with Gasteiger partial charge in [0.2, 0.25) is 0 Å². The van der Waals surface area contributed by atoms with Crippen LogP contribution in [0.15, 0.2) is 11.7 Å². The quantitative estimate of drug-likeness (QED) is 0.827. The highest BCUT2D eigenvalue weighted by molar-refractivity contribution is 7.09. The number of hydrogen-bond donors (Lipinski definition) is 2. The lowest BCUT2D eigenvalue weighted by atomic mass is 9.54. The lowest BCUT2D eigenvalue weighted by Gasteiger charge is -2.60. The Morgan fingerprint density at radius 3 is 2.89 bits per heavy atom. The van der Waals surface area contributed by atoms with Crippen LogP contribution in [-0.4, -0.2) is 34.9 Å². The van der Waals surface area contributed by atoms with Gasteiger partial charge >= 0.3 is 0 Å². The Balaban J connectivity index is 2.00. The second-order valence-electron chi connectivity index (χ2n) is 5.43. The van der Waals surface area contributed by atoms with Crippen LogP contribution in [-0.2, 0) is 11.3 Å². The average Bonchev–Trinajstić information content (AvgIpc) is 2.86. The summed E-state index contributed by atoms with van der Waals surface area (Å²) in [6.07, 6.45) is 2.96. The number of ether oxygens (including phenoxy) is 1. The summed E-state index contributed by atoms with van der Waals surface area (Å²) in [5.41, 5.74) is 1.54. The van der Waals surface area contributed by atoms with Crippen LogP contribution in [0.2, 0.25) is 0 Å². The van der Waals surface area contributed by atoms with Crippen LogP contribution >= 0.6 is 11.3 Å². The lowest BCUT2D eigenvalue weighted by molar-refractivity contribution is -0.177. The highest BCUT2D eigenvalue weighted by atomic mass is 32.1. The molecule has 102 valence electrons. The van der Waals surface area contributed by atoms with Crippen LogP contribution in [0, 0.1) is 5.41 Å². The zero-order chi connectivity index (χ0) is 13.2. The number of aliphatic hydroxyl groups is 1. The molecule has 4 nitrogen and oxygen atoms in total. The van der Waals surface area contributed by atoms with Gasteiger partial charge in [0.05, 0.1) is 23.8 Å². The van der Waals surface area contributed by atoms with Crippen molar-refractivity contribution in [3.05, 3.63) is 16.6 Å². The van der Waals surface area contributed by atoms with E-state index in [-0.39, 0.29) is 23.7 Å². The summed E-state index contributed by atoms with van der Waals surface area (Å²) < 4.78 is 5.73. The summed E-state index contributed by atoms with van der Waals surface area (Å²) >= 11 is 1.63. The van der Waals surface area contributed by atoms with E-state index < -0.39 is 0 Å². The Morgan fingerprint density at radius 1 is 1.61 bits per heavy atom. The van der Waals surface area contributed by atoms with Crippen LogP contribution in [0.3, 0.4) is 0 Å². The maximum atomic E-state index is 9.76. The van der Waals surface area contributed by atoms with Gasteiger partial charge in [-0.2, -0.15) is 0 Å². The molecule has 0 radical (unpaired) electrons. The van der Waals surface area contributed by atoms with Gasteiger partial charge in [-0.3, -0.25) is 4.98 Å². The van der Waals surface area contributed by atoms with Crippen LogP contribution in [0.1, 0.15) is 32.1 Å². The minimum Gasteiger partial charge on any atom is -0.394 e. The first-order chi connectivity index (χ1) is 8.55. The summed E-state index contributed by atoms with van der Waals surface area (Å²) in [6, 6.07) is 0. The Labute approximate surface area is 112 Å². The molecule has 2 N–H and O–H groups in total. The van der Waals surface area contributed by atoms with Crippen molar-refractivity contribution in [2.45, 2.75) is 45.4 Å². The molecule has 0 amide bonds. The molecule has 18 heavy (non-hydrogen) atoms. The highest BCUT2D eigenvalue weighted by Gasteiger charge is 2.60. The molecule has 0 aliphatic heterocycles. The van der Waals surface area contributed by atoms with Crippen molar-refractivity contribution < 1.29 is 9.84 Å². The van der Waals surface area contributed by atoms with Crippen molar-refractivity contribution in [3.8, 4) is 0 Å². The predicted octanol–water partition coefficient (Wildman–Crippen LogP) is 1.80. The van der Waals surface area contributed by atoms with Crippen molar-refractivity contribution in [3.63, 3.8) is 0 Å². The Morgan fingerprint density at radius 2 is 2.39 bits per heavy atom. The van der Waals surface area contributed by atoms with Crippen molar-refractivity contribution in [2.75, 3.05) is 13.2 Å². The van der Waals surface area contributed by atoms with E-state index in [0.717, 1.165) is 19.6 Å². The third-order valence-electron chi connectivity index (χ3n) is 4.29. The molecule has 0 aromatic carbocycles. The molecule has 1 saturated carbocycles. The smallest absolute Gasteiger partial charge is 0.0794 e. The molecule has 5 heteroatoms. The molecule has 0 spiro atoms. The van der Waals surface area contributed by atoms with E-state index in [9.17, 15) is 5.11 Å². The Hall–Kier alpha value is -0.490. The molecule has 0 unspecified atom stereocenters. The van der Waals surface area contributed by atoms with Gasteiger partial charge in [-0.1, -0.05) is 13.8 Å². The van der Waals surface area contributed by atoms with E-state index in [0.29, 0.717) is 0 Å². The summed E-state index contributed by atoms with van der Waals surface area (Å²) in [6.45, 7) is 7.96. The fourth-order valence-electron chi connectivity index (χ4n) is 2.69. The first-order valence-corrected chi connectivity index (χ1v) is 7.28. The van der Waals surface area contributed by atoms with E-state index in [1.54, 1.807) is 11.3 Å². The number of aromatic nitrogens is 1. The predicted molar refractivity (Wildman–Crippen MR) is 72.6 cm³/mol. The third kappa shape index (κ3) is 2.20. The number of nitrogens with zero attached hydrogens (tertiary/aromatic N) is 1. The second-order valence-corrected chi connectivity index (χ2v) is 6.40. The van der Waals surface area contributed by atoms with Crippen molar-refractivity contribution in [2.24, 2.45) is 5.41 Å². The third-order valence-corrected chi connectivity index (χ3v) is 5.07. The van der Waals surface area contributed by atoms with E-state index in [2.05, 4.69) is 24.1 Å². The summed E-state index contributed by atoms with van der Waals surface area (Å²) in [7, 11) is 0. The molecular formula is C13H22N2O2S. The SMILES string of the molecule is CCO[C@H]1C[C@](CO)(NCc2cncs2)C1(C)C. The van der Waals surface area contributed by atoms with Gasteiger partial charge in [0.1, 0.15) is 0 Å². The monoisotopic (exact) mass is 270 g/mol. The summed E-state index contributed by atoms with van der Waals surface area (Å²) in [5.74, 6) is 0.